The first kappa shape index (κ1) is 11.7. The Bertz CT molecular complexity index is 298. The summed E-state index contributed by atoms with van der Waals surface area (Å²) < 4.78 is 5.30. The molecule has 0 spiro atoms. The Morgan fingerprint density at radius 3 is 2.75 bits per heavy atom. The van der Waals surface area contributed by atoms with Gasteiger partial charge in [-0.2, -0.15) is 0 Å². The molecule has 2 rings (SSSR count). The Labute approximate surface area is 97.1 Å². The molecule has 92 valence electrons. The van der Waals surface area contributed by atoms with Crippen molar-refractivity contribution in [2.75, 3.05) is 13.1 Å². The van der Waals surface area contributed by atoms with E-state index in [0.29, 0.717) is 11.8 Å². The predicted molar refractivity (Wildman–Crippen MR) is 62.2 cm³/mol. The molecular formula is C12H22N2O2. The summed E-state index contributed by atoms with van der Waals surface area (Å²) in [6.07, 6.45) is 0.775. The third-order valence-corrected chi connectivity index (χ3v) is 3.64. The molecule has 4 nitrogen and oxygen atoms in total. The van der Waals surface area contributed by atoms with Crippen LogP contribution in [0.3, 0.4) is 0 Å². The van der Waals surface area contributed by atoms with Crippen LogP contribution in [0.2, 0.25) is 0 Å². The molecule has 3 atom stereocenters. The molecule has 2 aliphatic rings. The molecule has 0 radical (unpaired) electrons. The van der Waals surface area contributed by atoms with Crippen LogP contribution < -0.4 is 10.6 Å². The Hall–Kier alpha value is -0.770. The summed E-state index contributed by atoms with van der Waals surface area (Å²) in [6, 6.07) is 0. The van der Waals surface area contributed by atoms with Gasteiger partial charge in [0.15, 0.2) is 0 Å². The molecule has 0 aromatic heterocycles. The highest BCUT2D eigenvalue weighted by molar-refractivity contribution is 5.69. The lowest BCUT2D eigenvalue weighted by molar-refractivity contribution is 0.0176. The van der Waals surface area contributed by atoms with Crippen LogP contribution in [0.25, 0.3) is 0 Å². The Balaban J connectivity index is 1.93. The van der Waals surface area contributed by atoms with Gasteiger partial charge in [-0.25, -0.2) is 4.79 Å². The van der Waals surface area contributed by atoms with Crippen molar-refractivity contribution in [3.05, 3.63) is 0 Å². The summed E-state index contributed by atoms with van der Waals surface area (Å²) >= 11 is 0. The molecule has 4 heteroatoms. The number of fused-ring (bicyclic) bond motifs is 1. The number of carbonyl (C=O) groups excluding carboxylic acids is 1. The van der Waals surface area contributed by atoms with Gasteiger partial charge in [0, 0.05) is 13.1 Å². The van der Waals surface area contributed by atoms with Crippen molar-refractivity contribution in [2.45, 2.75) is 45.3 Å². The zero-order chi connectivity index (χ0) is 12.0. The van der Waals surface area contributed by atoms with Gasteiger partial charge in [0.05, 0.1) is 5.54 Å². The number of ether oxygens (including phenoxy) is 1. The fraction of sp³-hybridized carbons (Fsp3) is 0.917. The number of amides is 1. The van der Waals surface area contributed by atoms with E-state index in [1.807, 2.05) is 20.8 Å². The van der Waals surface area contributed by atoms with E-state index in [-0.39, 0.29) is 11.6 Å². The molecule has 0 aromatic rings. The van der Waals surface area contributed by atoms with Crippen molar-refractivity contribution in [3.8, 4) is 0 Å². The number of hydrogen-bond acceptors (Lipinski definition) is 3. The van der Waals surface area contributed by atoms with Crippen molar-refractivity contribution in [3.63, 3.8) is 0 Å². The topological polar surface area (TPSA) is 50.4 Å². The largest absolute Gasteiger partial charge is 0.444 e. The summed E-state index contributed by atoms with van der Waals surface area (Å²) in [5.41, 5.74) is -0.459. The minimum Gasteiger partial charge on any atom is -0.444 e. The second-order valence-electron chi connectivity index (χ2n) is 6.20. The first-order chi connectivity index (χ1) is 7.32. The molecular weight excluding hydrogens is 204 g/mol. The minimum absolute atomic E-state index is 0.0399. The van der Waals surface area contributed by atoms with Crippen molar-refractivity contribution < 1.29 is 9.53 Å². The van der Waals surface area contributed by atoms with Crippen LogP contribution in [0.4, 0.5) is 4.79 Å². The molecule has 1 aliphatic carbocycles. The summed E-state index contributed by atoms with van der Waals surface area (Å²) in [7, 11) is 0. The molecule has 1 amide bonds. The van der Waals surface area contributed by atoms with Gasteiger partial charge in [-0.1, -0.05) is 6.92 Å². The van der Waals surface area contributed by atoms with E-state index in [2.05, 4.69) is 17.6 Å². The zero-order valence-corrected chi connectivity index (χ0v) is 10.6. The van der Waals surface area contributed by atoms with Gasteiger partial charge in [0.2, 0.25) is 0 Å². The van der Waals surface area contributed by atoms with Crippen LogP contribution in [0, 0.1) is 11.8 Å². The molecule has 0 bridgehead atoms. The summed E-state index contributed by atoms with van der Waals surface area (Å²) in [5, 5.41) is 6.41. The Kier molecular flexibility index (Phi) is 2.65. The average molecular weight is 226 g/mol. The maximum atomic E-state index is 11.7. The third kappa shape index (κ3) is 2.03. The highest BCUT2D eigenvalue weighted by Gasteiger charge is 2.55. The van der Waals surface area contributed by atoms with E-state index in [4.69, 9.17) is 4.74 Å². The molecule has 1 heterocycles. The SMILES string of the molecule is C[C@H]1C[C@@]2(NC(=O)OC(C)(C)C)CNC[C@@H]12. The minimum atomic E-state index is -0.419. The summed E-state index contributed by atoms with van der Waals surface area (Å²) in [5.74, 6) is 1.27. The van der Waals surface area contributed by atoms with E-state index < -0.39 is 5.60 Å². The quantitative estimate of drug-likeness (QED) is 0.712. The number of carbonyl (C=O) groups is 1. The number of nitrogens with one attached hydrogen (secondary N) is 2. The van der Waals surface area contributed by atoms with Crippen LogP contribution in [-0.4, -0.2) is 30.3 Å². The van der Waals surface area contributed by atoms with E-state index >= 15 is 0 Å². The maximum Gasteiger partial charge on any atom is 0.408 e. The first-order valence-corrected chi connectivity index (χ1v) is 6.04. The fourth-order valence-electron chi connectivity index (χ4n) is 3.00. The molecule has 0 unspecified atom stereocenters. The van der Waals surface area contributed by atoms with Crippen molar-refractivity contribution in [1.29, 1.82) is 0 Å². The van der Waals surface area contributed by atoms with Crippen LogP contribution in [0.15, 0.2) is 0 Å². The lowest BCUT2D eigenvalue weighted by Gasteiger charge is -2.49. The van der Waals surface area contributed by atoms with Gasteiger partial charge >= 0.3 is 6.09 Å². The smallest absolute Gasteiger partial charge is 0.408 e. The fourth-order valence-corrected chi connectivity index (χ4v) is 3.00. The van der Waals surface area contributed by atoms with E-state index in [9.17, 15) is 4.79 Å². The van der Waals surface area contributed by atoms with Crippen molar-refractivity contribution in [2.24, 2.45) is 11.8 Å². The Morgan fingerprint density at radius 1 is 1.50 bits per heavy atom. The molecule has 2 N–H and O–H groups in total. The molecule has 2 fully saturated rings. The summed E-state index contributed by atoms with van der Waals surface area (Å²) in [4.78, 5) is 11.7. The van der Waals surface area contributed by atoms with Gasteiger partial charge in [0.1, 0.15) is 5.60 Å². The molecule has 1 aliphatic heterocycles. The number of alkyl carbamates (subject to hydrolysis) is 1. The van der Waals surface area contributed by atoms with E-state index in [1.165, 1.54) is 0 Å². The molecule has 0 aromatic carbocycles. The third-order valence-electron chi connectivity index (χ3n) is 3.64. The lowest BCUT2D eigenvalue weighted by Crippen LogP contribution is -2.64. The second-order valence-corrected chi connectivity index (χ2v) is 6.20. The molecule has 16 heavy (non-hydrogen) atoms. The van der Waals surface area contributed by atoms with Gasteiger partial charge in [-0.15, -0.1) is 0 Å². The highest BCUT2D eigenvalue weighted by Crippen LogP contribution is 2.46. The predicted octanol–water partition coefficient (Wildman–Crippen LogP) is 1.51. The van der Waals surface area contributed by atoms with Gasteiger partial charge in [-0.3, -0.25) is 0 Å². The first-order valence-electron chi connectivity index (χ1n) is 6.04. The molecule has 1 saturated heterocycles. The summed E-state index contributed by atoms with van der Waals surface area (Å²) in [6.45, 7) is 9.79. The van der Waals surface area contributed by atoms with Crippen LogP contribution >= 0.6 is 0 Å². The zero-order valence-electron chi connectivity index (χ0n) is 10.6. The van der Waals surface area contributed by atoms with Gasteiger partial charge < -0.3 is 15.4 Å². The monoisotopic (exact) mass is 226 g/mol. The van der Waals surface area contributed by atoms with E-state index in [0.717, 1.165) is 19.5 Å². The Morgan fingerprint density at radius 2 is 2.19 bits per heavy atom. The standard InChI is InChI=1S/C12H22N2O2/c1-8-5-12(7-13-6-9(8)12)14-10(15)16-11(2,3)4/h8-9,13H,5-7H2,1-4H3,(H,14,15)/t8-,9-,12+/m0/s1. The maximum absolute atomic E-state index is 11.7. The van der Waals surface area contributed by atoms with Gasteiger partial charge in [-0.05, 0) is 39.0 Å². The normalized spacial score (nSPS) is 37.5. The highest BCUT2D eigenvalue weighted by atomic mass is 16.6. The molecule has 1 saturated carbocycles. The van der Waals surface area contributed by atoms with Gasteiger partial charge in [0.25, 0.3) is 0 Å². The number of hydrogen-bond donors (Lipinski definition) is 2. The van der Waals surface area contributed by atoms with Crippen LogP contribution in [-0.2, 0) is 4.74 Å². The van der Waals surface area contributed by atoms with Crippen molar-refractivity contribution in [1.82, 2.24) is 10.6 Å². The second kappa shape index (κ2) is 3.62. The number of rotatable bonds is 1. The lowest BCUT2D eigenvalue weighted by atomic mass is 9.62. The van der Waals surface area contributed by atoms with Crippen LogP contribution in [0.1, 0.15) is 34.1 Å². The van der Waals surface area contributed by atoms with E-state index in [1.54, 1.807) is 0 Å². The van der Waals surface area contributed by atoms with Crippen LogP contribution in [0.5, 0.6) is 0 Å². The average Bonchev–Trinajstić information content (AvgIpc) is 2.38. The van der Waals surface area contributed by atoms with Crippen molar-refractivity contribution >= 4 is 6.09 Å².